The molecule has 0 aliphatic carbocycles. The fourth-order valence-electron chi connectivity index (χ4n) is 1.62. The average molecular weight is 242 g/mol. The molecule has 0 saturated carbocycles. The van der Waals surface area contributed by atoms with E-state index >= 15 is 0 Å². The van der Waals surface area contributed by atoms with Crippen molar-refractivity contribution in [2.45, 2.75) is 26.2 Å². The summed E-state index contributed by atoms with van der Waals surface area (Å²) >= 11 is 0. The number of aromatic nitrogens is 3. The van der Waals surface area contributed by atoms with Gasteiger partial charge in [0.1, 0.15) is 5.82 Å². The molecule has 2 heterocycles. The fourth-order valence-corrected chi connectivity index (χ4v) is 1.62. The zero-order valence-electron chi connectivity index (χ0n) is 11.0. The first-order chi connectivity index (χ1) is 8.53. The van der Waals surface area contributed by atoms with E-state index in [0.29, 0.717) is 6.54 Å². The van der Waals surface area contributed by atoms with Crippen molar-refractivity contribution in [3.05, 3.63) is 42.1 Å². The van der Waals surface area contributed by atoms with Crippen LogP contribution in [0.25, 0.3) is 11.3 Å². The van der Waals surface area contributed by atoms with Gasteiger partial charge in [-0.15, -0.1) is 0 Å². The third-order valence-corrected chi connectivity index (χ3v) is 2.93. The van der Waals surface area contributed by atoms with E-state index in [1.54, 1.807) is 12.4 Å². The van der Waals surface area contributed by atoms with E-state index in [1.165, 1.54) is 0 Å². The second-order valence-electron chi connectivity index (χ2n) is 5.05. The molecular formula is C14H18N4. The van der Waals surface area contributed by atoms with Gasteiger partial charge in [0.25, 0.3) is 0 Å². The van der Waals surface area contributed by atoms with Gasteiger partial charge < -0.3 is 5.73 Å². The van der Waals surface area contributed by atoms with Crippen LogP contribution in [-0.2, 0) is 5.41 Å². The molecule has 0 bridgehead atoms. The van der Waals surface area contributed by atoms with E-state index in [-0.39, 0.29) is 5.41 Å². The molecule has 0 fully saturated rings. The van der Waals surface area contributed by atoms with E-state index in [0.717, 1.165) is 22.8 Å². The van der Waals surface area contributed by atoms with Gasteiger partial charge in [0, 0.05) is 35.6 Å². The second kappa shape index (κ2) is 4.82. The Labute approximate surface area is 107 Å². The molecule has 0 saturated heterocycles. The normalized spacial score (nSPS) is 11.6. The molecule has 2 aromatic rings. The Balaban J connectivity index is 2.52. The summed E-state index contributed by atoms with van der Waals surface area (Å²) < 4.78 is 0. The van der Waals surface area contributed by atoms with Gasteiger partial charge in [0.05, 0.1) is 5.69 Å². The molecule has 0 amide bonds. The molecule has 94 valence electrons. The molecule has 0 atom stereocenters. The van der Waals surface area contributed by atoms with Gasteiger partial charge >= 0.3 is 0 Å². The van der Waals surface area contributed by atoms with E-state index in [2.05, 4.69) is 28.8 Å². The van der Waals surface area contributed by atoms with Gasteiger partial charge in [-0.05, 0) is 25.1 Å². The zero-order valence-corrected chi connectivity index (χ0v) is 11.0. The van der Waals surface area contributed by atoms with E-state index in [1.807, 2.05) is 25.1 Å². The first-order valence-electron chi connectivity index (χ1n) is 5.99. The Morgan fingerprint density at radius 3 is 2.67 bits per heavy atom. The molecular weight excluding hydrogens is 224 g/mol. The molecule has 0 aromatic carbocycles. The Morgan fingerprint density at radius 2 is 2.06 bits per heavy atom. The summed E-state index contributed by atoms with van der Waals surface area (Å²) in [6.07, 6.45) is 3.56. The van der Waals surface area contributed by atoms with Crippen molar-refractivity contribution in [1.29, 1.82) is 0 Å². The average Bonchev–Trinajstić information content (AvgIpc) is 2.39. The third-order valence-electron chi connectivity index (χ3n) is 2.93. The van der Waals surface area contributed by atoms with Crippen molar-refractivity contribution in [2.24, 2.45) is 5.73 Å². The van der Waals surface area contributed by atoms with Crippen LogP contribution >= 0.6 is 0 Å². The highest BCUT2D eigenvalue weighted by Gasteiger charge is 2.23. The second-order valence-corrected chi connectivity index (χ2v) is 5.05. The molecule has 2 aromatic heterocycles. The highest BCUT2D eigenvalue weighted by molar-refractivity contribution is 5.57. The topological polar surface area (TPSA) is 64.7 Å². The van der Waals surface area contributed by atoms with Crippen LogP contribution in [0.4, 0.5) is 0 Å². The molecule has 0 unspecified atom stereocenters. The molecule has 2 N–H and O–H groups in total. The summed E-state index contributed by atoms with van der Waals surface area (Å²) in [7, 11) is 0. The lowest BCUT2D eigenvalue weighted by molar-refractivity contribution is 0.501. The Bertz CT molecular complexity index is 535. The SMILES string of the molecule is Cc1cc(-c2cccnc2)nc(C(C)(C)CN)n1. The molecule has 2 rings (SSSR count). The first kappa shape index (κ1) is 12.6. The van der Waals surface area contributed by atoms with Gasteiger partial charge in [-0.25, -0.2) is 9.97 Å². The lowest BCUT2D eigenvalue weighted by Gasteiger charge is -2.21. The van der Waals surface area contributed by atoms with Gasteiger partial charge in [-0.1, -0.05) is 13.8 Å². The highest BCUT2D eigenvalue weighted by Crippen LogP contribution is 2.22. The molecule has 4 nitrogen and oxygen atoms in total. The van der Waals surface area contributed by atoms with Gasteiger partial charge in [-0.2, -0.15) is 0 Å². The minimum Gasteiger partial charge on any atom is -0.329 e. The van der Waals surface area contributed by atoms with Crippen LogP contribution in [0.15, 0.2) is 30.6 Å². The number of pyridine rings is 1. The van der Waals surface area contributed by atoms with E-state index in [4.69, 9.17) is 5.73 Å². The largest absolute Gasteiger partial charge is 0.329 e. The Morgan fingerprint density at radius 1 is 1.28 bits per heavy atom. The minimum atomic E-state index is -0.219. The van der Waals surface area contributed by atoms with E-state index in [9.17, 15) is 0 Å². The van der Waals surface area contributed by atoms with Crippen LogP contribution in [0.1, 0.15) is 25.4 Å². The van der Waals surface area contributed by atoms with Crippen LogP contribution in [0, 0.1) is 6.92 Å². The maximum Gasteiger partial charge on any atom is 0.136 e. The predicted octanol–water partition coefficient (Wildman–Crippen LogP) is 2.08. The number of rotatable bonds is 3. The smallest absolute Gasteiger partial charge is 0.136 e. The molecule has 0 aliphatic heterocycles. The van der Waals surface area contributed by atoms with Crippen LogP contribution in [0.5, 0.6) is 0 Å². The van der Waals surface area contributed by atoms with Crippen molar-refractivity contribution >= 4 is 0 Å². The quantitative estimate of drug-likeness (QED) is 0.895. The van der Waals surface area contributed by atoms with Crippen molar-refractivity contribution in [3.8, 4) is 11.3 Å². The summed E-state index contributed by atoms with van der Waals surface area (Å²) in [5.41, 5.74) is 8.40. The first-order valence-corrected chi connectivity index (χ1v) is 5.99. The number of hydrogen-bond donors (Lipinski definition) is 1. The minimum absolute atomic E-state index is 0.219. The summed E-state index contributed by atoms with van der Waals surface area (Å²) in [4.78, 5) is 13.2. The zero-order chi connectivity index (χ0) is 13.2. The molecule has 4 heteroatoms. The summed E-state index contributed by atoms with van der Waals surface area (Å²) in [5, 5.41) is 0. The molecule has 0 spiro atoms. The predicted molar refractivity (Wildman–Crippen MR) is 72.1 cm³/mol. The number of nitrogens with zero attached hydrogens (tertiary/aromatic N) is 3. The van der Waals surface area contributed by atoms with Gasteiger partial charge in [0.15, 0.2) is 0 Å². The number of nitrogens with two attached hydrogens (primary N) is 1. The highest BCUT2D eigenvalue weighted by atomic mass is 14.9. The van der Waals surface area contributed by atoms with Crippen LogP contribution in [0.2, 0.25) is 0 Å². The standard InChI is InChI=1S/C14H18N4/c1-10-7-12(11-5-4-6-16-8-11)18-13(17-10)14(2,3)9-15/h4-8H,9,15H2,1-3H3. The van der Waals surface area contributed by atoms with Gasteiger partial charge in [-0.3, -0.25) is 4.98 Å². The summed E-state index contributed by atoms with van der Waals surface area (Å²) in [6, 6.07) is 5.86. The monoisotopic (exact) mass is 242 g/mol. The summed E-state index contributed by atoms with van der Waals surface area (Å²) in [6.45, 7) is 6.59. The summed E-state index contributed by atoms with van der Waals surface area (Å²) in [5.74, 6) is 0.781. The lowest BCUT2D eigenvalue weighted by atomic mass is 9.92. The van der Waals surface area contributed by atoms with Crippen molar-refractivity contribution < 1.29 is 0 Å². The molecule has 0 aliphatic rings. The van der Waals surface area contributed by atoms with Crippen LogP contribution in [-0.4, -0.2) is 21.5 Å². The number of hydrogen-bond acceptors (Lipinski definition) is 4. The van der Waals surface area contributed by atoms with Gasteiger partial charge in [0.2, 0.25) is 0 Å². The van der Waals surface area contributed by atoms with Crippen molar-refractivity contribution in [3.63, 3.8) is 0 Å². The maximum atomic E-state index is 5.78. The fraction of sp³-hybridized carbons (Fsp3) is 0.357. The lowest BCUT2D eigenvalue weighted by Crippen LogP contribution is -2.30. The Hall–Kier alpha value is -1.81. The van der Waals surface area contributed by atoms with Crippen molar-refractivity contribution in [1.82, 2.24) is 15.0 Å². The van der Waals surface area contributed by atoms with Crippen LogP contribution in [0.3, 0.4) is 0 Å². The van der Waals surface area contributed by atoms with Crippen molar-refractivity contribution in [2.75, 3.05) is 6.54 Å². The Kier molecular flexibility index (Phi) is 3.39. The van der Waals surface area contributed by atoms with E-state index < -0.39 is 0 Å². The molecule has 18 heavy (non-hydrogen) atoms. The third kappa shape index (κ3) is 2.54. The number of aryl methyl sites for hydroxylation is 1. The molecule has 0 radical (unpaired) electrons. The maximum absolute atomic E-state index is 5.78. The van der Waals surface area contributed by atoms with Crippen LogP contribution < -0.4 is 5.73 Å².